The Morgan fingerprint density at radius 3 is 2.71 bits per heavy atom. The molecule has 3 heterocycles. The minimum Gasteiger partial charge on any atom is -0.492 e. The summed E-state index contributed by atoms with van der Waals surface area (Å²) in [4.78, 5) is 19.9. The number of aromatic nitrogens is 3. The zero-order valence-electron chi connectivity index (χ0n) is 15.6. The summed E-state index contributed by atoms with van der Waals surface area (Å²) in [5, 5.41) is 15.8. The van der Waals surface area contributed by atoms with Crippen LogP contribution in [-0.2, 0) is 9.53 Å². The Kier molecular flexibility index (Phi) is 5.27. The van der Waals surface area contributed by atoms with Gasteiger partial charge in [-0.2, -0.15) is 4.52 Å². The summed E-state index contributed by atoms with van der Waals surface area (Å²) in [6.07, 6.45) is 1.41. The van der Waals surface area contributed by atoms with Gasteiger partial charge in [0.05, 0.1) is 23.9 Å². The first-order valence-corrected chi connectivity index (χ1v) is 10.3. The number of thiazole rings is 1. The number of hydrogen-bond acceptors (Lipinski definition) is 7. The van der Waals surface area contributed by atoms with Crippen molar-refractivity contribution in [1.29, 1.82) is 0 Å². The molecular weight excluding hydrogens is 400 g/mol. The highest BCUT2D eigenvalue weighted by Gasteiger charge is 2.34. The Labute approximate surface area is 171 Å². The first-order chi connectivity index (χ1) is 13.5. The second kappa shape index (κ2) is 7.69. The SMILES string of the molecule is COC(=O)C1CCN([C@@H](c2ccccc2Cl)c2sc3nc(C)nn3c2O)CC1. The number of aryl methyl sites for hydroxylation is 1. The molecule has 148 valence electrons. The maximum Gasteiger partial charge on any atom is 0.308 e. The van der Waals surface area contributed by atoms with Crippen LogP contribution < -0.4 is 0 Å². The number of piperidine rings is 1. The van der Waals surface area contributed by atoms with Crippen molar-refractivity contribution in [2.45, 2.75) is 25.8 Å². The summed E-state index contributed by atoms with van der Waals surface area (Å²) in [6, 6.07) is 7.41. The van der Waals surface area contributed by atoms with E-state index >= 15 is 0 Å². The van der Waals surface area contributed by atoms with Gasteiger partial charge in [-0.25, -0.2) is 4.98 Å². The lowest BCUT2D eigenvalue weighted by molar-refractivity contribution is -0.147. The summed E-state index contributed by atoms with van der Waals surface area (Å²) >= 11 is 7.93. The molecule has 1 aliphatic heterocycles. The molecular formula is C19H21ClN4O3S. The number of hydrogen-bond donors (Lipinski definition) is 1. The van der Waals surface area contributed by atoms with E-state index in [9.17, 15) is 9.90 Å². The monoisotopic (exact) mass is 420 g/mol. The molecule has 1 saturated heterocycles. The van der Waals surface area contributed by atoms with Crippen LogP contribution >= 0.6 is 22.9 Å². The van der Waals surface area contributed by atoms with Crippen LogP contribution in [0.15, 0.2) is 24.3 Å². The highest BCUT2D eigenvalue weighted by atomic mass is 35.5. The average Bonchev–Trinajstić information content (AvgIpc) is 3.21. The number of carbonyl (C=O) groups excluding carboxylic acids is 1. The largest absolute Gasteiger partial charge is 0.492 e. The second-order valence-corrected chi connectivity index (χ2v) is 8.32. The molecule has 9 heteroatoms. The number of halogens is 1. The quantitative estimate of drug-likeness (QED) is 0.651. The average molecular weight is 421 g/mol. The normalized spacial score (nSPS) is 17.1. The van der Waals surface area contributed by atoms with Gasteiger partial charge in [-0.1, -0.05) is 41.1 Å². The van der Waals surface area contributed by atoms with E-state index in [1.165, 1.54) is 23.0 Å². The van der Waals surface area contributed by atoms with E-state index in [2.05, 4.69) is 15.0 Å². The third kappa shape index (κ3) is 3.36. The number of fused-ring (bicyclic) bond motifs is 1. The van der Waals surface area contributed by atoms with Crippen LogP contribution in [0.5, 0.6) is 5.88 Å². The number of aromatic hydroxyl groups is 1. The van der Waals surface area contributed by atoms with Gasteiger partial charge in [0.25, 0.3) is 0 Å². The lowest BCUT2D eigenvalue weighted by atomic mass is 9.93. The molecule has 1 atom stereocenters. The number of likely N-dealkylation sites (tertiary alicyclic amines) is 1. The van der Waals surface area contributed by atoms with Gasteiger partial charge in [0.1, 0.15) is 5.82 Å². The Morgan fingerprint density at radius 1 is 1.36 bits per heavy atom. The fraction of sp³-hybridized carbons (Fsp3) is 0.421. The third-order valence-corrected chi connectivity index (χ3v) is 6.60. The van der Waals surface area contributed by atoms with Gasteiger partial charge in [0.2, 0.25) is 10.8 Å². The van der Waals surface area contributed by atoms with Crippen LogP contribution in [0.3, 0.4) is 0 Å². The van der Waals surface area contributed by atoms with E-state index in [4.69, 9.17) is 16.3 Å². The summed E-state index contributed by atoms with van der Waals surface area (Å²) in [7, 11) is 1.43. The number of rotatable bonds is 4. The molecule has 0 aliphatic carbocycles. The van der Waals surface area contributed by atoms with Crippen LogP contribution in [0.4, 0.5) is 0 Å². The highest BCUT2D eigenvalue weighted by molar-refractivity contribution is 7.17. The van der Waals surface area contributed by atoms with Crippen molar-refractivity contribution in [2.24, 2.45) is 5.92 Å². The van der Waals surface area contributed by atoms with Crippen molar-refractivity contribution in [2.75, 3.05) is 20.2 Å². The van der Waals surface area contributed by atoms with Gasteiger partial charge in [-0.3, -0.25) is 9.69 Å². The smallest absolute Gasteiger partial charge is 0.308 e. The number of benzene rings is 1. The van der Waals surface area contributed by atoms with Crippen LogP contribution in [0.1, 0.15) is 35.1 Å². The van der Waals surface area contributed by atoms with Gasteiger partial charge < -0.3 is 9.84 Å². The minimum atomic E-state index is -0.235. The van der Waals surface area contributed by atoms with Gasteiger partial charge in [-0.15, -0.1) is 5.10 Å². The summed E-state index contributed by atoms with van der Waals surface area (Å²) in [5.41, 5.74) is 0.914. The van der Waals surface area contributed by atoms with E-state index in [0.717, 1.165) is 10.4 Å². The number of methoxy groups -OCH3 is 1. The van der Waals surface area contributed by atoms with Crippen LogP contribution in [0, 0.1) is 12.8 Å². The molecule has 0 saturated carbocycles. The molecule has 0 unspecified atom stereocenters. The number of esters is 1. The van der Waals surface area contributed by atoms with Crippen LogP contribution in [-0.4, -0.2) is 50.8 Å². The zero-order valence-corrected chi connectivity index (χ0v) is 17.2. The predicted octanol–water partition coefficient (Wildman–Crippen LogP) is 3.43. The van der Waals surface area contributed by atoms with Crippen molar-refractivity contribution >= 4 is 33.9 Å². The Morgan fingerprint density at radius 2 is 2.07 bits per heavy atom. The van der Waals surface area contributed by atoms with Crippen molar-refractivity contribution < 1.29 is 14.6 Å². The van der Waals surface area contributed by atoms with Gasteiger partial charge in [0.15, 0.2) is 0 Å². The van der Waals surface area contributed by atoms with E-state index < -0.39 is 0 Å². The van der Waals surface area contributed by atoms with Crippen molar-refractivity contribution in [1.82, 2.24) is 19.5 Å². The fourth-order valence-corrected chi connectivity index (χ4v) is 5.18. The molecule has 1 aromatic carbocycles. The Bertz CT molecular complexity index is 1010. The summed E-state index contributed by atoms with van der Waals surface area (Å²) in [6.45, 7) is 3.19. The standard InChI is InChI=1S/C19H21ClN4O3S/c1-11-21-19-24(22-11)17(25)16(28-19)15(13-5-3-4-6-14(13)20)23-9-7-12(8-10-23)18(26)27-2/h3-6,12,15,25H,7-10H2,1-2H3/t15-/m0/s1. The fourth-order valence-electron chi connectivity index (χ4n) is 3.79. The molecule has 1 fully saturated rings. The molecule has 0 radical (unpaired) electrons. The summed E-state index contributed by atoms with van der Waals surface area (Å²) in [5.74, 6) is 0.444. The van der Waals surface area contributed by atoms with Crippen LogP contribution in [0.2, 0.25) is 5.02 Å². The van der Waals surface area contributed by atoms with Gasteiger partial charge >= 0.3 is 5.97 Å². The molecule has 28 heavy (non-hydrogen) atoms. The lowest BCUT2D eigenvalue weighted by Crippen LogP contribution is -2.39. The highest BCUT2D eigenvalue weighted by Crippen LogP contribution is 2.43. The van der Waals surface area contributed by atoms with E-state index in [-0.39, 0.29) is 23.8 Å². The molecule has 1 N–H and O–H groups in total. The Hall–Kier alpha value is -2.16. The molecule has 0 spiro atoms. The molecule has 1 aliphatic rings. The first kappa shape index (κ1) is 19.2. The van der Waals surface area contributed by atoms with Crippen molar-refractivity contribution in [3.05, 3.63) is 45.6 Å². The van der Waals surface area contributed by atoms with E-state index in [1.807, 2.05) is 24.3 Å². The van der Waals surface area contributed by atoms with E-state index in [1.54, 1.807) is 6.92 Å². The molecule has 0 amide bonds. The lowest BCUT2D eigenvalue weighted by Gasteiger charge is -2.36. The van der Waals surface area contributed by atoms with Crippen molar-refractivity contribution in [3.63, 3.8) is 0 Å². The first-order valence-electron chi connectivity index (χ1n) is 9.11. The maximum absolute atomic E-state index is 11.9. The molecule has 0 bridgehead atoms. The zero-order chi connectivity index (χ0) is 19.8. The number of nitrogens with zero attached hydrogens (tertiary/aromatic N) is 4. The molecule has 4 rings (SSSR count). The number of carbonyl (C=O) groups is 1. The van der Waals surface area contributed by atoms with Crippen LogP contribution in [0.25, 0.3) is 4.96 Å². The van der Waals surface area contributed by atoms with Gasteiger partial charge in [0, 0.05) is 5.02 Å². The maximum atomic E-state index is 11.9. The third-order valence-electron chi connectivity index (χ3n) is 5.18. The molecule has 2 aromatic heterocycles. The summed E-state index contributed by atoms with van der Waals surface area (Å²) < 4.78 is 6.37. The number of ether oxygens (including phenoxy) is 1. The predicted molar refractivity (Wildman–Crippen MR) is 107 cm³/mol. The van der Waals surface area contributed by atoms with E-state index in [0.29, 0.717) is 41.7 Å². The molecule has 3 aromatic rings. The van der Waals surface area contributed by atoms with Crippen molar-refractivity contribution in [3.8, 4) is 5.88 Å². The topological polar surface area (TPSA) is 80.0 Å². The van der Waals surface area contributed by atoms with Gasteiger partial charge in [-0.05, 0) is 44.5 Å². The second-order valence-electron chi connectivity index (χ2n) is 6.90. The minimum absolute atomic E-state index is 0.0839. The molecule has 7 nitrogen and oxygen atoms in total. The Balaban J connectivity index is 1.73.